The Morgan fingerprint density at radius 3 is 2.90 bits per heavy atom. The third-order valence-electron chi connectivity index (χ3n) is 3.69. The van der Waals surface area contributed by atoms with Crippen molar-refractivity contribution in [2.24, 2.45) is 0 Å². The first kappa shape index (κ1) is 14.0. The van der Waals surface area contributed by atoms with Crippen LogP contribution in [-0.4, -0.2) is 41.4 Å². The third kappa shape index (κ3) is 2.11. The standard InChI is InChI=1S/C13H13FN2O4S/c14-8-3-1-4-9-12(8)11(7-15-9)21(19,20)16-6-2-5-10(16)13(17)18/h1,3-4,7,10,15H,2,5-6H2,(H,17,18). The second-order valence-corrected chi connectivity index (χ2v) is 6.79. The third-order valence-corrected chi connectivity index (χ3v) is 5.63. The van der Waals surface area contributed by atoms with Gasteiger partial charge in [0.15, 0.2) is 0 Å². The highest BCUT2D eigenvalue weighted by Gasteiger charge is 2.40. The predicted octanol–water partition coefficient (Wildman–Crippen LogP) is 1.54. The molecule has 1 aromatic heterocycles. The molecule has 0 radical (unpaired) electrons. The van der Waals surface area contributed by atoms with Gasteiger partial charge in [-0.05, 0) is 25.0 Å². The Labute approximate surface area is 120 Å². The molecule has 6 nitrogen and oxygen atoms in total. The molecule has 2 aromatic rings. The number of sulfonamides is 1. The number of aliphatic carboxylic acids is 1. The summed E-state index contributed by atoms with van der Waals surface area (Å²) in [4.78, 5) is 13.7. The summed E-state index contributed by atoms with van der Waals surface area (Å²) in [6.45, 7) is 0.125. The molecule has 1 aliphatic rings. The van der Waals surface area contributed by atoms with Gasteiger partial charge in [0.2, 0.25) is 10.0 Å². The second-order valence-electron chi connectivity index (χ2n) is 4.93. The first-order valence-corrected chi connectivity index (χ1v) is 7.87. The number of halogens is 1. The van der Waals surface area contributed by atoms with E-state index in [1.165, 1.54) is 18.3 Å². The molecule has 0 aliphatic carbocycles. The van der Waals surface area contributed by atoms with E-state index in [1.807, 2.05) is 0 Å². The average Bonchev–Trinajstić information content (AvgIpc) is 3.06. The van der Waals surface area contributed by atoms with E-state index >= 15 is 0 Å². The molecule has 0 spiro atoms. The Balaban J connectivity index is 2.15. The van der Waals surface area contributed by atoms with Gasteiger partial charge in [-0.15, -0.1) is 0 Å². The van der Waals surface area contributed by atoms with E-state index in [0.29, 0.717) is 11.9 Å². The molecule has 3 rings (SSSR count). The fourth-order valence-electron chi connectivity index (χ4n) is 2.71. The van der Waals surface area contributed by atoms with Crippen molar-refractivity contribution in [2.75, 3.05) is 6.54 Å². The first-order valence-electron chi connectivity index (χ1n) is 6.43. The molecule has 8 heteroatoms. The van der Waals surface area contributed by atoms with Gasteiger partial charge >= 0.3 is 5.97 Å². The van der Waals surface area contributed by atoms with Crippen molar-refractivity contribution in [3.8, 4) is 0 Å². The summed E-state index contributed by atoms with van der Waals surface area (Å²) < 4.78 is 40.2. The van der Waals surface area contributed by atoms with Gasteiger partial charge in [-0.25, -0.2) is 12.8 Å². The molecular formula is C13H13FN2O4S. The van der Waals surface area contributed by atoms with E-state index in [2.05, 4.69) is 4.98 Å². The minimum atomic E-state index is -4.06. The fraction of sp³-hybridized carbons (Fsp3) is 0.308. The van der Waals surface area contributed by atoms with E-state index in [4.69, 9.17) is 5.11 Å². The lowest BCUT2D eigenvalue weighted by atomic mass is 10.2. The smallest absolute Gasteiger partial charge is 0.322 e. The molecule has 1 aromatic carbocycles. The number of carboxylic acid groups (broad SMARTS) is 1. The van der Waals surface area contributed by atoms with Gasteiger partial charge in [-0.3, -0.25) is 4.79 Å². The second kappa shape index (κ2) is 4.81. The van der Waals surface area contributed by atoms with Gasteiger partial charge in [0.1, 0.15) is 16.8 Å². The normalized spacial score (nSPS) is 20.1. The molecule has 112 valence electrons. The van der Waals surface area contributed by atoms with Gasteiger partial charge in [0.05, 0.1) is 5.39 Å². The first-order chi connectivity index (χ1) is 9.93. The Morgan fingerprint density at radius 2 is 2.19 bits per heavy atom. The zero-order valence-corrected chi connectivity index (χ0v) is 11.7. The maximum absolute atomic E-state index is 13.9. The number of hydrogen-bond acceptors (Lipinski definition) is 3. The van der Waals surface area contributed by atoms with Gasteiger partial charge in [-0.2, -0.15) is 4.31 Å². The van der Waals surface area contributed by atoms with Crippen molar-refractivity contribution in [3.05, 3.63) is 30.2 Å². The number of hydrogen-bond donors (Lipinski definition) is 2. The molecule has 0 amide bonds. The van der Waals surface area contributed by atoms with Crippen LogP contribution in [-0.2, 0) is 14.8 Å². The molecular weight excluding hydrogens is 299 g/mol. The topological polar surface area (TPSA) is 90.5 Å². The van der Waals surface area contributed by atoms with Crippen LogP contribution < -0.4 is 0 Å². The molecule has 2 N–H and O–H groups in total. The largest absolute Gasteiger partial charge is 0.480 e. The minimum Gasteiger partial charge on any atom is -0.480 e. The van der Waals surface area contributed by atoms with Crippen LogP contribution in [0.4, 0.5) is 4.39 Å². The molecule has 1 saturated heterocycles. The predicted molar refractivity (Wildman–Crippen MR) is 72.8 cm³/mol. The van der Waals surface area contributed by atoms with Gasteiger partial charge in [0, 0.05) is 18.3 Å². The Kier molecular flexibility index (Phi) is 3.22. The van der Waals surface area contributed by atoms with Crippen molar-refractivity contribution in [1.29, 1.82) is 0 Å². The summed E-state index contributed by atoms with van der Waals surface area (Å²) >= 11 is 0. The molecule has 1 fully saturated rings. The number of aromatic nitrogens is 1. The highest BCUT2D eigenvalue weighted by atomic mass is 32.2. The summed E-state index contributed by atoms with van der Waals surface area (Å²) in [5.41, 5.74) is 0.361. The van der Waals surface area contributed by atoms with Gasteiger partial charge < -0.3 is 10.1 Å². The molecule has 1 aliphatic heterocycles. The lowest BCUT2D eigenvalue weighted by Crippen LogP contribution is -2.40. The van der Waals surface area contributed by atoms with Crippen molar-refractivity contribution < 1.29 is 22.7 Å². The highest BCUT2D eigenvalue weighted by Crippen LogP contribution is 2.31. The number of carboxylic acids is 1. The van der Waals surface area contributed by atoms with Crippen LogP contribution in [0, 0.1) is 5.82 Å². The summed E-state index contributed by atoms with van der Waals surface area (Å²) in [5.74, 6) is -1.84. The van der Waals surface area contributed by atoms with Crippen molar-refractivity contribution in [3.63, 3.8) is 0 Å². The zero-order valence-electron chi connectivity index (χ0n) is 10.9. The zero-order chi connectivity index (χ0) is 15.2. The van der Waals surface area contributed by atoms with Gasteiger partial charge in [0.25, 0.3) is 0 Å². The number of H-pyrrole nitrogens is 1. The van der Waals surface area contributed by atoms with Crippen molar-refractivity contribution in [2.45, 2.75) is 23.8 Å². The summed E-state index contributed by atoms with van der Waals surface area (Å²) in [6, 6.07) is 3.12. The van der Waals surface area contributed by atoms with Crippen LogP contribution in [0.15, 0.2) is 29.3 Å². The van der Waals surface area contributed by atoms with E-state index < -0.39 is 27.9 Å². The van der Waals surface area contributed by atoms with Crippen LogP contribution in [0.25, 0.3) is 10.9 Å². The Morgan fingerprint density at radius 1 is 1.43 bits per heavy atom. The molecule has 21 heavy (non-hydrogen) atoms. The lowest BCUT2D eigenvalue weighted by molar-refractivity contribution is -0.140. The van der Waals surface area contributed by atoms with Crippen LogP contribution in [0.1, 0.15) is 12.8 Å². The average molecular weight is 312 g/mol. The number of nitrogens with one attached hydrogen (secondary N) is 1. The minimum absolute atomic E-state index is 0.0338. The fourth-order valence-corrected chi connectivity index (χ4v) is 4.54. The number of rotatable bonds is 3. The number of carbonyl (C=O) groups is 1. The SMILES string of the molecule is O=C(O)C1CCCN1S(=O)(=O)c1c[nH]c2cccc(F)c12. The summed E-state index contributed by atoms with van der Waals surface area (Å²) in [7, 11) is -4.06. The number of benzene rings is 1. The number of fused-ring (bicyclic) bond motifs is 1. The van der Waals surface area contributed by atoms with Gasteiger partial charge in [-0.1, -0.05) is 6.07 Å². The number of aromatic amines is 1. The van der Waals surface area contributed by atoms with Crippen LogP contribution in [0.3, 0.4) is 0 Å². The summed E-state index contributed by atoms with van der Waals surface area (Å²) in [6.07, 6.45) is 1.95. The highest BCUT2D eigenvalue weighted by molar-refractivity contribution is 7.89. The maximum atomic E-state index is 13.9. The van der Waals surface area contributed by atoms with E-state index in [-0.39, 0.29) is 23.2 Å². The monoisotopic (exact) mass is 312 g/mol. The maximum Gasteiger partial charge on any atom is 0.322 e. The Hall–Kier alpha value is -1.93. The van der Waals surface area contributed by atoms with E-state index in [9.17, 15) is 17.6 Å². The Bertz CT molecular complexity index is 815. The lowest BCUT2D eigenvalue weighted by Gasteiger charge is -2.20. The van der Waals surface area contributed by atoms with Crippen molar-refractivity contribution in [1.82, 2.24) is 9.29 Å². The van der Waals surface area contributed by atoms with E-state index in [0.717, 1.165) is 4.31 Å². The summed E-state index contributed by atoms with van der Waals surface area (Å²) in [5, 5.41) is 9.09. The molecule has 1 atom stereocenters. The molecule has 1 unspecified atom stereocenters. The van der Waals surface area contributed by atoms with Crippen LogP contribution >= 0.6 is 0 Å². The van der Waals surface area contributed by atoms with Crippen molar-refractivity contribution >= 4 is 26.9 Å². The molecule has 0 saturated carbocycles. The number of nitrogens with zero attached hydrogens (tertiary/aromatic N) is 1. The quantitative estimate of drug-likeness (QED) is 0.899. The van der Waals surface area contributed by atoms with Crippen LogP contribution in [0.2, 0.25) is 0 Å². The molecule has 2 heterocycles. The molecule has 0 bridgehead atoms. The van der Waals surface area contributed by atoms with E-state index in [1.54, 1.807) is 6.07 Å². The van der Waals surface area contributed by atoms with Crippen LogP contribution in [0.5, 0.6) is 0 Å².